The lowest BCUT2D eigenvalue weighted by atomic mass is 9.94. The second-order valence-corrected chi connectivity index (χ2v) is 6.83. The van der Waals surface area contributed by atoms with E-state index in [4.69, 9.17) is 5.11 Å². The minimum absolute atomic E-state index is 0.569. The van der Waals surface area contributed by atoms with E-state index in [1.165, 1.54) is 6.92 Å². The van der Waals surface area contributed by atoms with Crippen molar-refractivity contribution in [3.05, 3.63) is 65.1 Å². The fourth-order valence-electron chi connectivity index (χ4n) is 3.06. The summed E-state index contributed by atoms with van der Waals surface area (Å²) in [5.41, 5.74) is 5.46. The number of benzene rings is 2. The molecule has 0 spiro atoms. The van der Waals surface area contributed by atoms with Crippen molar-refractivity contribution in [1.29, 1.82) is 0 Å². The van der Waals surface area contributed by atoms with Crippen LogP contribution in [0.15, 0.2) is 48.4 Å². The normalized spacial score (nSPS) is 12.8. The van der Waals surface area contributed by atoms with Crippen LogP contribution in [0.4, 0.5) is 4.39 Å². The number of carboxylic acids is 1. The molecule has 0 aliphatic heterocycles. The lowest BCUT2D eigenvalue weighted by Crippen LogP contribution is -2.38. The molecule has 1 amide bonds. The Morgan fingerprint density at radius 1 is 1.14 bits per heavy atom. The first kappa shape index (κ1) is 19.4. The zero-order chi connectivity index (χ0) is 20.4. The molecule has 2 aromatic carbocycles. The van der Waals surface area contributed by atoms with Gasteiger partial charge in [-0.2, -0.15) is 0 Å². The summed E-state index contributed by atoms with van der Waals surface area (Å²) in [4.78, 5) is 25.8. The van der Waals surface area contributed by atoms with Crippen LogP contribution in [0, 0.1) is 13.8 Å². The van der Waals surface area contributed by atoms with Crippen molar-refractivity contribution >= 4 is 28.9 Å². The van der Waals surface area contributed by atoms with E-state index in [-0.39, 0.29) is 0 Å². The van der Waals surface area contributed by atoms with Gasteiger partial charge in [-0.3, -0.25) is 9.59 Å². The van der Waals surface area contributed by atoms with Gasteiger partial charge < -0.3 is 15.4 Å². The highest BCUT2D eigenvalue weighted by Crippen LogP contribution is 2.30. The summed E-state index contributed by atoms with van der Waals surface area (Å²) in [5, 5.41) is 12.0. The summed E-state index contributed by atoms with van der Waals surface area (Å²) in [5.74, 6) is -3.30. The summed E-state index contributed by atoms with van der Waals surface area (Å²) >= 11 is 0. The molecule has 3 aromatic rings. The van der Waals surface area contributed by atoms with Gasteiger partial charge in [0, 0.05) is 11.7 Å². The van der Waals surface area contributed by atoms with Crippen LogP contribution < -0.4 is 5.32 Å². The first-order valence-corrected chi connectivity index (χ1v) is 8.86. The molecule has 0 fully saturated rings. The third-order valence-electron chi connectivity index (χ3n) is 4.69. The van der Waals surface area contributed by atoms with Gasteiger partial charge in [0.2, 0.25) is 0 Å². The number of fused-ring (bicyclic) bond motifs is 1. The summed E-state index contributed by atoms with van der Waals surface area (Å²) < 4.78 is 14.2. The molecule has 0 saturated heterocycles. The Bertz CT molecular complexity index is 1100. The summed E-state index contributed by atoms with van der Waals surface area (Å²) in [7, 11) is 0. The van der Waals surface area contributed by atoms with E-state index in [0.29, 0.717) is 5.56 Å². The second-order valence-electron chi connectivity index (χ2n) is 6.83. The van der Waals surface area contributed by atoms with Crippen LogP contribution in [0.3, 0.4) is 0 Å². The Morgan fingerprint density at radius 2 is 1.89 bits per heavy atom. The number of carbonyl (C=O) groups is 2. The lowest BCUT2D eigenvalue weighted by Gasteiger charge is -2.12. The molecule has 6 heteroatoms. The number of nitrogens with one attached hydrogen (secondary N) is 2. The van der Waals surface area contributed by atoms with Gasteiger partial charge in [0.25, 0.3) is 5.91 Å². The molecule has 1 atom stereocenters. The van der Waals surface area contributed by atoms with Gasteiger partial charge in [0.15, 0.2) is 5.83 Å². The number of hydrogen-bond donors (Lipinski definition) is 3. The number of aryl methyl sites for hydroxylation is 2. The van der Waals surface area contributed by atoms with Gasteiger partial charge in [0.05, 0.1) is 0 Å². The predicted molar refractivity (Wildman–Crippen MR) is 108 cm³/mol. The summed E-state index contributed by atoms with van der Waals surface area (Å²) in [6.07, 6.45) is 3.02. The number of halogens is 1. The van der Waals surface area contributed by atoms with Gasteiger partial charge in [-0.25, -0.2) is 4.39 Å². The van der Waals surface area contributed by atoms with Crippen molar-refractivity contribution in [3.63, 3.8) is 0 Å². The number of carbonyl (C=O) groups excluding carboxylic acids is 1. The fraction of sp³-hybridized carbons (Fsp3) is 0.182. The minimum Gasteiger partial charge on any atom is -0.480 e. The average molecular weight is 380 g/mol. The monoisotopic (exact) mass is 380 g/mol. The Hall–Kier alpha value is -3.41. The van der Waals surface area contributed by atoms with E-state index >= 15 is 0 Å². The summed E-state index contributed by atoms with van der Waals surface area (Å²) in [6.45, 7) is 5.05. The summed E-state index contributed by atoms with van der Waals surface area (Å²) in [6, 6.07) is 10.7. The van der Waals surface area contributed by atoms with Crippen LogP contribution in [0.25, 0.3) is 28.1 Å². The maximum absolute atomic E-state index is 14.2. The van der Waals surface area contributed by atoms with Gasteiger partial charge in [-0.1, -0.05) is 18.2 Å². The molecule has 0 radical (unpaired) electrons. The number of aromatic nitrogens is 1. The molecule has 28 heavy (non-hydrogen) atoms. The van der Waals surface area contributed by atoms with Gasteiger partial charge in [0.1, 0.15) is 6.04 Å². The number of rotatable bonds is 5. The molecule has 0 saturated carbocycles. The number of H-pyrrole nitrogens is 1. The molecule has 1 aromatic heterocycles. The molecular weight excluding hydrogens is 359 g/mol. The van der Waals surface area contributed by atoms with Crippen molar-refractivity contribution in [2.45, 2.75) is 26.8 Å². The third-order valence-corrected chi connectivity index (χ3v) is 4.69. The average Bonchev–Trinajstić information content (AvgIpc) is 3.11. The van der Waals surface area contributed by atoms with Crippen LogP contribution in [0.5, 0.6) is 0 Å². The standard InChI is InChI=1S/C22H21FN2O3/c1-12-9-18(15-4-5-20-16(10-15)6-7-24-20)13(2)8-17(12)11-19(23)21(26)25-14(3)22(27)28/h4-11,14,24H,1-3H3,(H,25,26)(H,27,28)/t14-/m1/s1. The molecule has 0 unspecified atom stereocenters. The quantitative estimate of drug-likeness (QED) is 0.576. The van der Waals surface area contributed by atoms with Crippen molar-refractivity contribution in [1.82, 2.24) is 10.3 Å². The van der Waals surface area contributed by atoms with Gasteiger partial charge in [-0.05, 0) is 78.2 Å². The van der Waals surface area contributed by atoms with E-state index in [1.54, 1.807) is 0 Å². The molecular formula is C22H21FN2O3. The minimum atomic E-state index is -1.23. The highest BCUT2D eigenvalue weighted by Gasteiger charge is 2.17. The Morgan fingerprint density at radius 3 is 2.61 bits per heavy atom. The third kappa shape index (κ3) is 3.96. The van der Waals surface area contributed by atoms with E-state index in [2.05, 4.69) is 16.4 Å². The lowest BCUT2D eigenvalue weighted by molar-refractivity contribution is -0.140. The molecule has 3 N–H and O–H groups in total. The van der Waals surface area contributed by atoms with Crippen molar-refractivity contribution in [2.24, 2.45) is 0 Å². The molecule has 1 heterocycles. The number of aliphatic carboxylic acids is 1. The second kappa shape index (κ2) is 7.68. The van der Waals surface area contributed by atoms with Crippen LogP contribution >= 0.6 is 0 Å². The molecule has 0 aliphatic carbocycles. The van der Waals surface area contributed by atoms with E-state index < -0.39 is 23.7 Å². The van der Waals surface area contributed by atoms with Gasteiger partial charge >= 0.3 is 5.97 Å². The zero-order valence-corrected chi connectivity index (χ0v) is 15.8. The Kier molecular flexibility index (Phi) is 5.31. The number of amides is 1. The van der Waals surface area contributed by atoms with Crippen LogP contribution in [0.2, 0.25) is 0 Å². The van der Waals surface area contributed by atoms with Crippen molar-refractivity contribution in [2.75, 3.05) is 0 Å². The molecule has 5 nitrogen and oxygen atoms in total. The van der Waals surface area contributed by atoms with Crippen LogP contribution in [-0.2, 0) is 9.59 Å². The van der Waals surface area contributed by atoms with E-state index in [9.17, 15) is 14.0 Å². The largest absolute Gasteiger partial charge is 0.480 e. The number of aromatic amines is 1. The highest BCUT2D eigenvalue weighted by molar-refractivity contribution is 5.98. The molecule has 144 valence electrons. The van der Waals surface area contributed by atoms with Crippen molar-refractivity contribution < 1.29 is 19.1 Å². The van der Waals surface area contributed by atoms with Crippen LogP contribution in [0.1, 0.15) is 23.6 Å². The number of hydrogen-bond acceptors (Lipinski definition) is 2. The highest BCUT2D eigenvalue weighted by atomic mass is 19.1. The predicted octanol–water partition coefficient (Wildman–Crippen LogP) is 4.35. The maximum atomic E-state index is 14.2. The first-order valence-electron chi connectivity index (χ1n) is 8.86. The smallest absolute Gasteiger partial charge is 0.325 e. The van der Waals surface area contributed by atoms with Gasteiger partial charge in [-0.15, -0.1) is 0 Å². The van der Waals surface area contributed by atoms with E-state index in [1.807, 2.05) is 50.4 Å². The Balaban J connectivity index is 1.91. The fourth-order valence-corrected chi connectivity index (χ4v) is 3.06. The zero-order valence-electron chi connectivity index (χ0n) is 15.8. The van der Waals surface area contributed by atoms with Crippen molar-refractivity contribution in [3.8, 4) is 11.1 Å². The topological polar surface area (TPSA) is 82.2 Å². The molecule has 0 bridgehead atoms. The van der Waals surface area contributed by atoms with Crippen LogP contribution in [-0.4, -0.2) is 28.0 Å². The first-order chi connectivity index (χ1) is 13.3. The Labute approximate surface area is 161 Å². The SMILES string of the molecule is Cc1cc(-c2ccc3[nH]ccc3c2)c(C)cc1C=C(F)C(=O)N[C@H](C)C(=O)O. The molecule has 0 aliphatic rings. The number of carboxylic acid groups (broad SMARTS) is 1. The molecule has 3 rings (SSSR count). The van der Waals surface area contributed by atoms with E-state index in [0.717, 1.165) is 39.2 Å². The maximum Gasteiger partial charge on any atom is 0.325 e.